The fraction of sp³-hybridized carbons (Fsp3) is 0.423. The van der Waals surface area contributed by atoms with Gasteiger partial charge in [0, 0.05) is 58.0 Å². The number of hydrogen-bond acceptors (Lipinski definition) is 7. The van der Waals surface area contributed by atoms with Crippen LogP contribution < -0.4 is 9.64 Å². The molecule has 0 saturated carbocycles. The number of aromatic hydroxyl groups is 1. The van der Waals surface area contributed by atoms with E-state index in [1.807, 2.05) is 12.1 Å². The second kappa shape index (κ2) is 10.4. The zero-order valence-electron chi connectivity index (χ0n) is 19.5. The largest absolute Gasteiger partial charge is 0.507 e. The van der Waals surface area contributed by atoms with Gasteiger partial charge in [0.25, 0.3) is 0 Å². The summed E-state index contributed by atoms with van der Waals surface area (Å²) in [6.45, 7) is 10.9. The number of anilines is 1. The number of aliphatic hydroxyl groups excluding tert-OH is 1. The third kappa shape index (κ3) is 5.05. The number of piperazine rings is 1. The molecule has 7 heteroatoms. The Morgan fingerprint density at radius 2 is 1.67 bits per heavy atom. The van der Waals surface area contributed by atoms with Crippen LogP contribution in [0.1, 0.15) is 35.3 Å². The van der Waals surface area contributed by atoms with Gasteiger partial charge in [0.05, 0.1) is 17.7 Å². The number of ketones is 1. The van der Waals surface area contributed by atoms with E-state index in [0.29, 0.717) is 30.0 Å². The highest BCUT2D eigenvalue weighted by Gasteiger charge is 2.32. The van der Waals surface area contributed by atoms with Gasteiger partial charge in [0.2, 0.25) is 5.78 Å². The van der Waals surface area contributed by atoms with Crippen molar-refractivity contribution < 1.29 is 19.7 Å². The van der Waals surface area contributed by atoms with Crippen molar-refractivity contribution in [3.63, 3.8) is 0 Å². The number of phenolic OH excluding ortho intramolecular Hbond substituents is 1. The number of β-amino-alcohol motifs (C(OH)–C–C–N with tert-alkyl or cyclic N) is 1. The molecule has 1 fully saturated rings. The summed E-state index contributed by atoms with van der Waals surface area (Å²) >= 11 is 0. The highest BCUT2D eigenvalue weighted by atomic mass is 16.5. The molecule has 0 atom stereocenters. The minimum Gasteiger partial charge on any atom is -0.507 e. The molecule has 4 rings (SSSR count). The lowest BCUT2D eigenvalue weighted by Gasteiger charge is -2.34. The first-order chi connectivity index (χ1) is 16.0. The van der Waals surface area contributed by atoms with E-state index in [1.54, 1.807) is 18.2 Å². The highest BCUT2D eigenvalue weighted by Crippen LogP contribution is 2.40. The molecule has 0 unspecified atom stereocenters. The molecule has 0 amide bonds. The van der Waals surface area contributed by atoms with Gasteiger partial charge in [0.1, 0.15) is 11.5 Å². The van der Waals surface area contributed by atoms with Crippen LogP contribution in [-0.2, 0) is 6.54 Å². The monoisotopic (exact) mass is 451 g/mol. The number of carbonyl (C=O) groups is 1. The number of carbonyl (C=O) groups excluding carboxylic acids is 1. The lowest BCUT2D eigenvalue weighted by atomic mass is 10.0. The molecule has 2 aromatic rings. The summed E-state index contributed by atoms with van der Waals surface area (Å²) in [5.74, 6) is 0.722. The van der Waals surface area contributed by atoms with Crippen molar-refractivity contribution in [3.05, 3.63) is 58.8 Å². The molecule has 33 heavy (non-hydrogen) atoms. The number of rotatable bonds is 8. The van der Waals surface area contributed by atoms with Crippen molar-refractivity contribution in [1.82, 2.24) is 9.80 Å². The molecular weight excluding hydrogens is 418 g/mol. The topological polar surface area (TPSA) is 76.5 Å². The molecule has 2 heterocycles. The van der Waals surface area contributed by atoms with Gasteiger partial charge in [-0.05, 0) is 49.8 Å². The Kier molecular flexibility index (Phi) is 7.33. The molecule has 0 aliphatic carbocycles. The molecule has 7 nitrogen and oxygen atoms in total. The van der Waals surface area contributed by atoms with Crippen LogP contribution in [0.2, 0.25) is 0 Å². The summed E-state index contributed by atoms with van der Waals surface area (Å²) in [5, 5.41) is 19.7. The predicted octanol–water partition coefficient (Wildman–Crippen LogP) is 2.96. The zero-order valence-corrected chi connectivity index (χ0v) is 19.5. The molecule has 0 bridgehead atoms. The predicted molar refractivity (Wildman–Crippen MR) is 130 cm³/mol. The summed E-state index contributed by atoms with van der Waals surface area (Å²) in [4.78, 5) is 19.7. The maximum absolute atomic E-state index is 13.0. The van der Waals surface area contributed by atoms with Crippen molar-refractivity contribution in [2.45, 2.75) is 20.4 Å². The average Bonchev–Trinajstić information content (AvgIpc) is 3.14. The van der Waals surface area contributed by atoms with Gasteiger partial charge in [-0.15, -0.1) is 0 Å². The molecule has 176 valence electrons. The molecule has 2 aliphatic heterocycles. The molecular formula is C26H33N3O4. The fourth-order valence-electron chi connectivity index (χ4n) is 4.51. The first-order valence-corrected chi connectivity index (χ1v) is 11.7. The number of Topliss-reactive ketones (excluding diaryl/α,β-unsaturated/α-hetero) is 1. The van der Waals surface area contributed by atoms with Gasteiger partial charge in [0.15, 0.2) is 5.76 Å². The van der Waals surface area contributed by atoms with Crippen LogP contribution in [0.4, 0.5) is 5.69 Å². The zero-order chi connectivity index (χ0) is 23.4. The molecule has 0 spiro atoms. The number of aliphatic hydroxyl groups is 1. The van der Waals surface area contributed by atoms with E-state index < -0.39 is 0 Å². The lowest BCUT2D eigenvalue weighted by Crippen LogP contribution is -2.46. The van der Waals surface area contributed by atoms with Crippen LogP contribution >= 0.6 is 0 Å². The molecule has 2 aliphatic rings. The third-order valence-electron chi connectivity index (χ3n) is 6.50. The second-order valence-corrected chi connectivity index (χ2v) is 8.48. The summed E-state index contributed by atoms with van der Waals surface area (Å²) < 4.78 is 6.03. The maximum Gasteiger partial charge on any atom is 0.231 e. The number of allylic oxidation sites excluding steroid dienone is 1. The summed E-state index contributed by atoms with van der Waals surface area (Å²) in [6.07, 6.45) is 1.77. The Bertz CT molecular complexity index is 1010. The van der Waals surface area contributed by atoms with Crippen molar-refractivity contribution in [2.75, 3.05) is 57.3 Å². The first kappa shape index (κ1) is 23.3. The van der Waals surface area contributed by atoms with E-state index >= 15 is 0 Å². The summed E-state index contributed by atoms with van der Waals surface area (Å²) in [6, 6.07) is 11.3. The Morgan fingerprint density at radius 1 is 1.00 bits per heavy atom. The van der Waals surface area contributed by atoms with Gasteiger partial charge in [-0.3, -0.25) is 14.6 Å². The fourth-order valence-corrected chi connectivity index (χ4v) is 4.51. The minimum absolute atomic E-state index is 0.143. The van der Waals surface area contributed by atoms with Crippen LogP contribution in [0.3, 0.4) is 0 Å². The molecule has 2 aromatic carbocycles. The highest BCUT2D eigenvalue weighted by molar-refractivity contribution is 6.15. The van der Waals surface area contributed by atoms with Crippen LogP contribution in [0.5, 0.6) is 11.5 Å². The van der Waals surface area contributed by atoms with Crippen molar-refractivity contribution in [1.29, 1.82) is 0 Å². The van der Waals surface area contributed by atoms with Crippen LogP contribution in [-0.4, -0.2) is 78.2 Å². The van der Waals surface area contributed by atoms with Crippen molar-refractivity contribution >= 4 is 17.5 Å². The summed E-state index contributed by atoms with van der Waals surface area (Å²) in [5.41, 5.74) is 3.19. The molecule has 1 saturated heterocycles. The quantitative estimate of drug-likeness (QED) is 0.598. The number of hydrogen-bond donors (Lipinski definition) is 2. The smallest absolute Gasteiger partial charge is 0.231 e. The number of phenols is 1. The van der Waals surface area contributed by atoms with Crippen molar-refractivity contribution in [2.24, 2.45) is 0 Å². The van der Waals surface area contributed by atoms with Gasteiger partial charge in [-0.25, -0.2) is 0 Å². The third-order valence-corrected chi connectivity index (χ3v) is 6.50. The van der Waals surface area contributed by atoms with E-state index in [0.717, 1.165) is 50.5 Å². The van der Waals surface area contributed by atoms with Crippen LogP contribution in [0.25, 0.3) is 6.08 Å². The number of ether oxygens (including phenoxy) is 1. The normalized spacial score (nSPS) is 17.9. The molecule has 0 aromatic heterocycles. The van der Waals surface area contributed by atoms with Gasteiger partial charge in [-0.2, -0.15) is 0 Å². The van der Waals surface area contributed by atoms with Gasteiger partial charge in [-0.1, -0.05) is 12.1 Å². The number of fused-ring (bicyclic) bond motifs is 1. The SMILES string of the molecule is CCN(CC)c1ccc(/C=C2\Oc3c(ccc(O)c3CN3CCN(CCO)CC3)C2=O)cc1. The van der Waals surface area contributed by atoms with Crippen LogP contribution in [0.15, 0.2) is 42.2 Å². The summed E-state index contributed by atoms with van der Waals surface area (Å²) in [7, 11) is 0. The number of benzene rings is 2. The second-order valence-electron chi connectivity index (χ2n) is 8.48. The average molecular weight is 452 g/mol. The molecule has 2 N–H and O–H groups in total. The lowest BCUT2D eigenvalue weighted by molar-refractivity contribution is 0.101. The molecule has 0 radical (unpaired) electrons. The van der Waals surface area contributed by atoms with E-state index in [1.165, 1.54) is 0 Å². The van der Waals surface area contributed by atoms with Crippen molar-refractivity contribution in [3.8, 4) is 11.5 Å². The van der Waals surface area contributed by atoms with Gasteiger partial charge >= 0.3 is 0 Å². The number of nitrogens with zero attached hydrogens (tertiary/aromatic N) is 3. The van der Waals surface area contributed by atoms with Crippen LogP contribution in [0, 0.1) is 0 Å². The first-order valence-electron chi connectivity index (χ1n) is 11.7. The van der Waals surface area contributed by atoms with E-state index in [9.17, 15) is 9.90 Å². The Hall–Kier alpha value is -2.87. The maximum atomic E-state index is 13.0. The Balaban J connectivity index is 1.51. The Labute approximate surface area is 195 Å². The Morgan fingerprint density at radius 3 is 2.30 bits per heavy atom. The minimum atomic E-state index is -0.160. The van der Waals surface area contributed by atoms with Gasteiger partial charge < -0.3 is 19.8 Å². The van der Waals surface area contributed by atoms with E-state index in [4.69, 9.17) is 9.84 Å². The standard InChI is InChI=1S/C26H33N3O4/c1-3-29(4-2)20-7-5-19(6-8-20)17-24-25(32)21-9-10-23(31)22(26(21)33-24)18-28-13-11-27(12-14-28)15-16-30/h5-10,17,30-31H,3-4,11-16,18H2,1-2H3/b24-17-. The van der Waals surface area contributed by atoms with E-state index in [2.05, 4.69) is 40.7 Å². The van der Waals surface area contributed by atoms with E-state index in [-0.39, 0.29) is 23.9 Å².